The van der Waals surface area contributed by atoms with Crippen LogP contribution in [0.25, 0.3) is 11.4 Å². The second-order valence-electron chi connectivity index (χ2n) is 12.7. The van der Waals surface area contributed by atoms with E-state index in [2.05, 4.69) is 24.0 Å². The molecule has 0 saturated heterocycles. The molecule has 0 aliphatic carbocycles. The number of Topliss-reactive ketones (excluding diaryl/α,β-unsaturated/α-hetero) is 2. The average molecular weight is 716 g/mol. The maximum Gasteiger partial charge on any atom is 0.225 e. The van der Waals surface area contributed by atoms with Gasteiger partial charge in [0.2, 0.25) is 11.8 Å². The first-order valence-corrected chi connectivity index (χ1v) is 18.0. The standard InChI is InChI=1S/2C20H28N2O2.Ni/c2*1-3-4-5-6-7-8-12-15-18(23)19-16(2)21-22(20(19)24)17-13-10-9-11-14-17;/h2*9-11,13-14,24H,3-8,12,15H2,1-2H3;. The van der Waals surface area contributed by atoms with Gasteiger partial charge in [0, 0.05) is 29.3 Å². The molecule has 2 heterocycles. The molecule has 0 bridgehead atoms. The van der Waals surface area contributed by atoms with Crippen LogP contribution < -0.4 is 0 Å². The number of carbonyl (C=O) groups excluding carboxylic acids is 2. The van der Waals surface area contributed by atoms with E-state index in [0.29, 0.717) is 35.4 Å². The molecule has 8 nitrogen and oxygen atoms in total. The number of unbranched alkanes of at least 4 members (excludes halogenated alkanes) is 12. The summed E-state index contributed by atoms with van der Waals surface area (Å²) >= 11 is 0. The van der Waals surface area contributed by atoms with Crippen molar-refractivity contribution < 1.29 is 36.3 Å². The normalized spacial score (nSPS) is 10.7. The molecule has 0 amide bonds. The van der Waals surface area contributed by atoms with E-state index in [9.17, 15) is 19.8 Å². The number of aromatic hydroxyl groups is 2. The van der Waals surface area contributed by atoms with E-state index in [1.165, 1.54) is 73.6 Å². The number of ketones is 2. The Kier molecular flexibility index (Phi) is 19.3. The number of aryl methyl sites for hydroxylation is 2. The minimum atomic E-state index is -0.0494. The second kappa shape index (κ2) is 22.8. The molecule has 0 atom stereocenters. The first-order valence-electron chi connectivity index (χ1n) is 18.0. The maximum absolute atomic E-state index is 12.5. The summed E-state index contributed by atoms with van der Waals surface area (Å²) in [5.74, 6) is -0.125. The van der Waals surface area contributed by atoms with Crippen LogP contribution in [0.5, 0.6) is 11.8 Å². The van der Waals surface area contributed by atoms with Crippen molar-refractivity contribution in [1.29, 1.82) is 0 Å². The summed E-state index contributed by atoms with van der Waals surface area (Å²) in [6.07, 6.45) is 17.4. The average Bonchev–Trinajstić information content (AvgIpc) is 3.57. The van der Waals surface area contributed by atoms with Crippen molar-refractivity contribution in [3.63, 3.8) is 0 Å². The van der Waals surface area contributed by atoms with Crippen LogP contribution >= 0.6 is 0 Å². The summed E-state index contributed by atoms with van der Waals surface area (Å²) in [6.45, 7) is 7.97. The molecule has 2 N–H and O–H groups in total. The monoisotopic (exact) mass is 714 g/mol. The maximum atomic E-state index is 12.5. The number of aromatic nitrogens is 4. The van der Waals surface area contributed by atoms with E-state index in [0.717, 1.165) is 37.1 Å². The molecule has 0 radical (unpaired) electrons. The summed E-state index contributed by atoms with van der Waals surface area (Å²) in [5, 5.41) is 29.5. The Labute approximate surface area is 303 Å². The van der Waals surface area contributed by atoms with Gasteiger partial charge in [-0.15, -0.1) is 0 Å². The zero-order chi connectivity index (χ0) is 34.7. The van der Waals surface area contributed by atoms with E-state index < -0.39 is 0 Å². The fourth-order valence-corrected chi connectivity index (χ4v) is 5.92. The largest absolute Gasteiger partial charge is 0.493 e. The Morgan fingerprint density at radius 2 is 0.837 bits per heavy atom. The van der Waals surface area contributed by atoms with E-state index in [-0.39, 0.29) is 39.8 Å². The van der Waals surface area contributed by atoms with Gasteiger partial charge in [0.05, 0.1) is 22.8 Å². The quantitative estimate of drug-likeness (QED) is 0.0535. The number of para-hydroxylation sites is 2. The molecule has 9 heteroatoms. The van der Waals surface area contributed by atoms with E-state index >= 15 is 0 Å². The van der Waals surface area contributed by atoms with Gasteiger partial charge in [-0.05, 0) is 51.0 Å². The van der Waals surface area contributed by atoms with Crippen molar-refractivity contribution in [2.24, 2.45) is 0 Å². The summed E-state index contributed by atoms with van der Waals surface area (Å²) in [7, 11) is 0. The Bertz CT molecular complexity index is 1420. The summed E-state index contributed by atoms with van der Waals surface area (Å²) in [5.41, 5.74) is 3.42. The van der Waals surface area contributed by atoms with Gasteiger partial charge in [0.15, 0.2) is 11.6 Å². The summed E-state index contributed by atoms with van der Waals surface area (Å²) < 4.78 is 2.88. The molecule has 270 valence electrons. The van der Waals surface area contributed by atoms with Crippen molar-refractivity contribution in [3.8, 4) is 23.1 Å². The van der Waals surface area contributed by atoms with Crippen LogP contribution in [0.15, 0.2) is 60.7 Å². The fraction of sp³-hybridized carbons (Fsp3) is 0.500. The number of benzene rings is 2. The van der Waals surface area contributed by atoms with Gasteiger partial charge >= 0.3 is 0 Å². The number of carbonyl (C=O) groups is 2. The SMILES string of the molecule is CCCCCCCCCC(=O)c1c(C)nn(-c2ccccc2)c1O.CCCCCCCCCC(=O)c1c(C)nn(-c2ccccc2)c1O.[Ni]. The molecular formula is C40H56N4NiO4. The molecule has 2 aromatic carbocycles. The molecule has 0 aliphatic rings. The predicted octanol–water partition coefficient (Wildman–Crippen LogP) is 10.4. The Morgan fingerprint density at radius 3 is 1.16 bits per heavy atom. The van der Waals surface area contributed by atoms with Crippen LogP contribution in [0.1, 0.15) is 149 Å². The van der Waals surface area contributed by atoms with Crippen molar-refractivity contribution in [3.05, 3.63) is 83.2 Å². The molecule has 0 fully saturated rings. The van der Waals surface area contributed by atoms with Crippen LogP contribution in [-0.4, -0.2) is 41.3 Å². The smallest absolute Gasteiger partial charge is 0.225 e. The van der Waals surface area contributed by atoms with E-state index in [4.69, 9.17) is 0 Å². The Morgan fingerprint density at radius 1 is 0.531 bits per heavy atom. The first kappa shape index (κ1) is 41.5. The minimum absolute atomic E-state index is 0. The van der Waals surface area contributed by atoms with Crippen LogP contribution in [0.3, 0.4) is 0 Å². The van der Waals surface area contributed by atoms with Gasteiger partial charge in [-0.3, -0.25) is 9.59 Å². The van der Waals surface area contributed by atoms with Crippen molar-refractivity contribution >= 4 is 11.6 Å². The van der Waals surface area contributed by atoms with Gasteiger partial charge in [-0.25, -0.2) is 9.36 Å². The van der Waals surface area contributed by atoms with Crippen molar-refractivity contribution in [2.45, 2.75) is 130 Å². The van der Waals surface area contributed by atoms with Crippen molar-refractivity contribution in [1.82, 2.24) is 19.6 Å². The number of hydrogen-bond acceptors (Lipinski definition) is 6. The zero-order valence-corrected chi connectivity index (χ0v) is 30.9. The summed E-state index contributed by atoms with van der Waals surface area (Å²) in [4.78, 5) is 24.9. The minimum Gasteiger partial charge on any atom is -0.493 e. The molecular weight excluding hydrogens is 659 g/mol. The molecule has 2 aromatic heterocycles. The fourth-order valence-electron chi connectivity index (χ4n) is 5.92. The zero-order valence-electron chi connectivity index (χ0n) is 29.9. The van der Waals surface area contributed by atoms with Gasteiger partial charge in [0.25, 0.3) is 0 Å². The molecule has 4 aromatic rings. The van der Waals surface area contributed by atoms with E-state index in [1.54, 1.807) is 13.8 Å². The van der Waals surface area contributed by atoms with Crippen molar-refractivity contribution in [2.75, 3.05) is 0 Å². The number of nitrogens with zero attached hydrogens (tertiary/aromatic N) is 4. The van der Waals surface area contributed by atoms with Crippen LogP contribution in [-0.2, 0) is 16.5 Å². The third-order valence-electron chi connectivity index (χ3n) is 8.65. The molecule has 0 spiro atoms. The Balaban J connectivity index is 0.000000333. The molecule has 4 rings (SSSR count). The predicted molar refractivity (Wildman–Crippen MR) is 194 cm³/mol. The third-order valence-corrected chi connectivity index (χ3v) is 8.65. The van der Waals surface area contributed by atoms with Crippen LogP contribution in [0.2, 0.25) is 0 Å². The van der Waals surface area contributed by atoms with Gasteiger partial charge < -0.3 is 10.2 Å². The number of hydrogen-bond donors (Lipinski definition) is 2. The molecule has 0 aliphatic heterocycles. The van der Waals surface area contributed by atoms with Gasteiger partial charge in [0.1, 0.15) is 11.1 Å². The third kappa shape index (κ3) is 12.9. The topological polar surface area (TPSA) is 110 Å². The van der Waals surface area contributed by atoms with Crippen LogP contribution in [0.4, 0.5) is 0 Å². The van der Waals surface area contributed by atoms with E-state index in [1.807, 2.05) is 60.7 Å². The summed E-state index contributed by atoms with van der Waals surface area (Å²) in [6, 6.07) is 18.8. The molecule has 49 heavy (non-hydrogen) atoms. The van der Waals surface area contributed by atoms with Gasteiger partial charge in [-0.1, -0.05) is 127 Å². The molecule has 0 saturated carbocycles. The van der Waals surface area contributed by atoms with Crippen LogP contribution in [0, 0.1) is 13.8 Å². The molecule has 0 unspecified atom stereocenters. The first-order chi connectivity index (χ1) is 23.3. The number of rotatable bonds is 20. The van der Waals surface area contributed by atoms with Gasteiger partial charge in [-0.2, -0.15) is 10.2 Å². The second-order valence-corrected chi connectivity index (χ2v) is 12.7. The Hall–Kier alpha value is -3.71.